The molecule has 0 radical (unpaired) electrons. The summed E-state index contributed by atoms with van der Waals surface area (Å²) in [6.45, 7) is 0. The maximum Gasteiger partial charge on any atom is 0.0709 e. The normalized spacial score (nSPS) is 11.6. The van der Waals surface area contributed by atoms with E-state index in [-0.39, 0.29) is 0 Å². The van der Waals surface area contributed by atoms with Gasteiger partial charge >= 0.3 is 0 Å². The summed E-state index contributed by atoms with van der Waals surface area (Å²) in [6.07, 6.45) is 3.78. The van der Waals surface area contributed by atoms with Crippen molar-refractivity contribution in [3.8, 4) is 0 Å². The Hall–Kier alpha value is -2.56. The number of benzene rings is 4. The van der Waals surface area contributed by atoms with Gasteiger partial charge < -0.3 is 0 Å². The van der Waals surface area contributed by atoms with Crippen LogP contribution in [-0.4, -0.2) is 12.4 Å². The smallest absolute Gasteiger partial charge is 0.0709 e. The molecule has 4 heteroatoms. The molecule has 4 aromatic carbocycles. The highest BCUT2D eigenvalue weighted by molar-refractivity contribution is 9.10. The summed E-state index contributed by atoms with van der Waals surface area (Å²) < 4.78 is 2.12. The van der Waals surface area contributed by atoms with Gasteiger partial charge in [-0.3, -0.25) is 9.98 Å². The zero-order chi connectivity index (χ0) is 19.3. The van der Waals surface area contributed by atoms with Crippen molar-refractivity contribution in [2.75, 3.05) is 0 Å². The third-order valence-electron chi connectivity index (χ3n) is 4.32. The summed E-state index contributed by atoms with van der Waals surface area (Å²) in [7, 11) is 0. The van der Waals surface area contributed by atoms with Gasteiger partial charge in [0.2, 0.25) is 0 Å². The molecule has 136 valence electrons. The van der Waals surface area contributed by atoms with Crippen LogP contribution in [0.25, 0.3) is 10.8 Å². The Morgan fingerprint density at radius 3 is 1.29 bits per heavy atom. The first-order valence-electron chi connectivity index (χ1n) is 8.80. The minimum atomic E-state index is 0.932. The van der Waals surface area contributed by atoms with Crippen molar-refractivity contribution in [1.29, 1.82) is 0 Å². The molecule has 0 saturated carbocycles. The van der Waals surface area contributed by atoms with Crippen LogP contribution in [0, 0.1) is 0 Å². The summed E-state index contributed by atoms with van der Waals surface area (Å²) >= 11 is 6.91. The molecule has 0 aliphatic carbocycles. The molecule has 0 unspecified atom stereocenters. The molecule has 0 aromatic heterocycles. The molecule has 4 aromatic rings. The van der Waals surface area contributed by atoms with E-state index in [1.165, 1.54) is 0 Å². The summed E-state index contributed by atoms with van der Waals surface area (Å²) in [4.78, 5) is 9.41. The monoisotopic (exact) mass is 490 g/mol. The lowest BCUT2D eigenvalue weighted by Crippen LogP contribution is -1.82. The van der Waals surface area contributed by atoms with Crippen molar-refractivity contribution >= 4 is 66.4 Å². The number of rotatable bonds is 4. The summed E-state index contributed by atoms with van der Waals surface area (Å²) in [5, 5.41) is 2.17. The Balaban J connectivity index is 1.68. The van der Waals surface area contributed by atoms with Crippen LogP contribution in [0.2, 0.25) is 0 Å². The van der Waals surface area contributed by atoms with E-state index < -0.39 is 0 Å². The highest BCUT2D eigenvalue weighted by atomic mass is 79.9. The van der Waals surface area contributed by atoms with Crippen molar-refractivity contribution in [2.45, 2.75) is 0 Å². The van der Waals surface area contributed by atoms with Gasteiger partial charge in [-0.05, 0) is 47.5 Å². The zero-order valence-corrected chi connectivity index (χ0v) is 18.1. The Morgan fingerprint density at radius 1 is 0.500 bits per heavy atom. The number of halogens is 2. The molecule has 0 heterocycles. The quantitative estimate of drug-likeness (QED) is 0.259. The fourth-order valence-corrected chi connectivity index (χ4v) is 3.42. The fraction of sp³-hybridized carbons (Fsp3) is 0. The van der Waals surface area contributed by atoms with E-state index in [9.17, 15) is 0 Å². The predicted octanol–water partition coefficient (Wildman–Crippen LogP) is 7.87. The van der Waals surface area contributed by atoms with Crippen LogP contribution in [0.1, 0.15) is 11.1 Å². The van der Waals surface area contributed by atoms with Gasteiger partial charge in [-0.1, -0.05) is 80.4 Å². The predicted molar refractivity (Wildman–Crippen MR) is 127 cm³/mol. The number of hydrogen-bond donors (Lipinski definition) is 0. The first-order chi connectivity index (χ1) is 13.7. The zero-order valence-electron chi connectivity index (χ0n) is 14.9. The lowest BCUT2D eigenvalue weighted by molar-refractivity contribution is 1.53. The minimum absolute atomic E-state index is 0.932. The van der Waals surface area contributed by atoms with Crippen molar-refractivity contribution in [1.82, 2.24) is 0 Å². The summed E-state index contributed by atoms with van der Waals surface area (Å²) in [5.41, 5.74) is 3.98. The summed E-state index contributed by atoms with van der Waals surface area (Å²) in [5.74, 6) is 0. The van der Waals surface area contributed by atoms with Crippen LogP contribution < -0.4 is 0 Å². The molecule has 0 atom stereocenters. The van der Waals surface area contributed by atoms with Gasteiger partial charge in [-0.25, -0.2) is 0 Å². The van der Waals surface area contributed by atoms with Gasteiger partial charge in [0, 0.05) is 32.1 Å². The molecule has 2 nitrogen and oxygen atoms in total. The van der Waals surface area contributed by atoms with E-state index in [1.807, 2.05) is 85.2 Å². The maximum atomic E-state index is 4.71. The second-order valence-corrected chi connectivity index (χ2v) is 8.10. The Kier molecular flexibility index (Phi) is 5.79. The van der Waals surface area contributed by atoms with Crippen LogP contribution in [0.15, 0.2) is 104 Å². The molecular weight excluding hydrogens is 476 g/mol. The minimum Gasteiger partial charge on any atom is -0.256 e. The van der Waals surface area contributed by atoms with Gasteiger partial charge in [0.05, 0.1) is 11.4 Å². The van der Waals surface area contributed by atoms with Gasteiger partial charge in [0.15, 0.2) is 0 Å². The second kappa shape index (κ2) is 8.63. The largest absolute Gasteiger partial charge is 0.256 e. The Bertz CT molecular complexity index is 1070. The summed E-state index contributed by atoms with van der Waals surface area (Å²) in [6, 6.07) is 28.5. The van der Waals surface area contributed by atoms with Gasteiger partial charge in [-0.2, -0.15) is 0 Å². The molecule has 0 bridgehead atoms. The van der Waals surface area contributed by atoms with E-state index in [4.69, 9.17) is 9.98 Å². The average molecular weight is 492 g/mol. The molecule has 0 amide bonds. The number of nitrogens with zero attached hydrogens (tertiary/aromatic N) is 2. The lowest BCUT2D eigenvalue weighted by atomic mass is 10.1. The van der Waals surface area contributed by atoms with Gasteiger partial charge in [0.1, 0.15) is 0 Å². The molecule has 0 spiro atoms. The van der Waals surface area contributed by atoms with Crippen LogP contribution >= 0.6 is 31.9 Å². The first-order valence-corrected chi connectivity index (χ1v) is 10.4. The number of hydrogen-bond acceptors (Lipinski definition) is 2. The topological polar surface area (TPSA) is 24.7 Å². The second-order valence-electron chi connectivity index (χ2n) is 6.27. The van der Waals surface area contributed by atoms with E-state index in [0.717, 1.165) is 42.2 Å². The van der Waals surface area contributed by atoms with Crippen molar-refractivity contribution in [2.24, 2.45) is 9.98 Å². The standard InChI is InChI=1S/C24H16Br2N2/c25-19-11-7-17(8-12-19)15-27-23-5-1-3-21-22(23)4-2-6-24(21)28-16-18-9-13-20(26)14-10-18/h1-16H. The average Bonchev–Trinajstić information content (AvgIpc) is 2.73. The van der Waals surface area contributed by atoms with E-state index in [0.29, 0.717) is 0 Å². The van der Waals surface area contributed by atoms with E-state index >= 15 is 0 Å². The van der Waals surface area contributed by atoms with Crippen LogP contribution in [0.4, 0.5) is 11.4 Å². The van der Waals surface area contributed by atoms with Crippen LogP contribution in [-0.2, 0) is 0 Å². The van der Waals surface area contributed by atoms with Crippen molar-refractivity contribution in [3.05, 3.63) is 105 Å². The molecule has 0 N–H and O–H groups in total. The number of fused-ring (bicyclic) bond motifs is 1. The third kappa shape index (κ3) is 4.46. The highest BCUT2D eigenvalue weighted by Gasteiger charge is 2.03. The van der Waals surface area contributed by atoms with Crippen molar-refractivity contribution < 1.29 is 0 Å². The van der Waals surface area contributed by atoms with E-state index in [1.54, 1.807) is 0 Å². The maximum absolute atomic E-state index is 4.71. The molecule has 4 rings (SSSR count). The lowest BCUT2D eigenvalue weighted by Gasteiger charge is -2.05. The SMILES string of the molecule is Brc1ccc(C=Nc2cccc3c(N=Cc4ccc(Br)cc4)cccc23)cc1. The fourth-order valence-electron chi connectivity index (χ4n) is 2.89. The molecule has 0 aliphatic heterocycles. The van der Waals surface area contributed by atoms with Crippen molar-refractivity contribution in [3.63, 3.8) is 0 Å². The molecule has 0 saturated heterocycles. The third-order valence-corrected chi connectivity index (χ3v) is 5.38. The molecule has 0 fully saturated rings. The molecular formula is C24H16Br2N2. The Labute approximate surface area is 180 Å². The van der Waals surface area contributed by atoms with Gasteiger partial charge in [0.25, 0.3) is 0 Å². The molecule has 28 heavy (non-hydrogen) atoms. The van der Waals surface area contributed by atoms with Crippen LogP contribution in [0.3, 0.4) is 0 Å². The Morgan fingerprint density at radius 2 is 0.893 bits per heavy atom. The number of aliphatic imine (C=N–C) groups is 2. The first kappa shape index (κ1) is 18.8. The molecule has 0 aliphatic rings. The van der Waals surface area contributed by atoms with E-state index in [2.05, 4.69) is 44.0 Å². The van der Waals surface area contributed by atoms with Crippen LogP contribution in [0.5, 0.6) is 0 Å². The highest BCUT2D eigenvalue weighted by Crippen LogP contribution is 2.32. The van der Waals surface area contributed by atoms with Gasteiger partial charge in [-0.15, -0.1) is 0 Å².